The zero-order valence-corrected chi connectivity index (χ0v) is 19.9. The van der Waals surface area contributed by atoms with Crippen LogP contribution in [0, 0.1) is 26.6 Å². The molecule has 0 amide bonds. The number of halogens is 1. The molecule has 4 rings (SSSR count). The molecule has 0 bridgehead atoms. The van der Waals surface area contributed by atoms with E-state index >= 15 is 0 Å². The topological polar surface area (TPSA) is 30.2 Å². The number of hydrogen-bond donors (Lipinski definition) is 0. The fourth-order valence-electron chi connectivity index (χ4n) is 4.46. The smallest absolute Gasteiger partial charge is 0.157 e. The fraction of sp³-hybridized carbons (Fsp3) is 0.462. The Kier molecular flexibility index (Phi) is 6.71. The molecule has 4 aromatic rings. The largest absolute Gasteiger partial charge is 0.231 e. The van der Waals surface area contributed by atoms with Gasteiger partial charge in [-0.15, -0.1) is 11.3 Å². The molecule has 0 spiro atoms. The van der Waals surface area contributed by atoms with E-state index in [0.29, 0.717) is 0 Å². The van der Waals surface area contributed by atoms with Gasteiger partial charge in [-0.1, -0.05) is 45.4 Å². The molecule has 0 atom stereocenters. The molecule has 3 aromatic heterocycles. The summed E-state index contributed by atoms with van der Waals surface area (Å²) in [5.74, 6) is -0.194. The van der Waals surface area contributed by atoms with E-state index in [1.165, 1.54) is 56.6 Å². The van der Waals surface area contributed by atoms with Crippen LogP contribution < -0.4 is 0 Å². The lowest BCUT2D eigenvalue weighted by Crippen LogP contribution is -2.01. The van der Waals surface area contributed by atoms with Crippen LogP contribution in [0.25, 0.3) is 26.3 Å². The number of thiophene rings is 1. The molecule has 31 heavy (non-hydrogen) atoms. The lowest BCUT2D eigenvalue weighted by Gasteiger charge is -2.07. The summed E-state index contributed by atoms with van der Waals surface area (Å²) >= 11 is 1.69. The van der Waals surface area contributed by atoms with Crippen molar-refractivity contribution in [3.05, 3.63) is 52.6 Å². The molecule has 0 aliphatic rings. The van der Waals surface area contributed by atoms with Crippen LogP contribution in [0.1, 0.15) is 74.4 Å². The van der Waals surface area contributed by atoms with Crippen LogP contribution >= 0.6 is 11.3 Å². The molecule has 5 heteroatoms. The van der Waals surface area contributed by atoms with Crippen molar-refractivity contribution in [3.63, 3.8) is 0 Å². The summed E-state index contributed by atoms with van der Waals surface area (Å²) in [7, 11) is 0. The molecule has 0 fully saturated rings. The first-order valence-corrected chi connectivity index (χ1v) is 12.4. The standard InChI is InChI=1S/C26H32FN3S/c1-5-6-7-8-9-10-11-12-20-15-17(2)29-30-24(19(4)28-26(20)30)25-18(3)22-16-21(27)13-14-23(22)31-25/h13-16H,5-12H2,1-4H3. The number of imidazole rings is 1. The van der Waals surface area contributed by atoms with Crippen LogP contribution in [0.15, 0.2) is 24.3 Å². The van der Waals surface area contributed by atoms with Gasteiger partial charge in [-0.2, -0.15) is 5.10 Å². The van der Waals surface area contributed by atoms with Gasteiger partial charge in [0.1, 0.15) is 11.5 Å². The maximum Gasteiger partial charge on any atom is 0.157 e. The minimum Gasteiger partial charge on any atom is -0.231 e. The Hall–Kier alpha value is -2.27. The second-order valence-electron chi connectivity index (χ2n) is 8.66. The molecule has 0 aliphatic heterocycles. The zero-order chi connectivity index (χ0) is 22.0. The van der Waals surface area contributed by atoms with Crippen molar-refractivity contribution in [2.75, 3.05) is 0 Å². The molecule has 3 nitrogen and oxygen atoms in total. The van der Waals surface area contributed by atoms with Gasteiger partial charge >= 0.3 is 0 Å². The second kappa shape index (κ2) is 9.47. The summed E-state index contributed by atoms with van der Waals surface area (Å²) in [5.41, 5.74) is 6.37. The van der Waals surface area contributed by atoms with Gasteiger partial charge in [-0.3, -0.25) is 0 Å². The first-order chi connectivity index (χ1) is 15.0. The summed E-state index contributed by atoms with van der Waals surface area (Å²) in [6.45, 7) is 8.44. The number of fused-ring (bicyclic) bond motifs is 2. The van der Waals surface area contributed by atoms with Gasteiger partial charge in [0.15, 0.2) is 5.65 Å². The molecule has 0 saturated carbocycles. The minimum absolute atomic E-state index is 0.194. The highest BCUT2D eigenvalue weighted by atomic mass is 32.1. The van der Waals surface area contributed by atoms with Crippen molar-refractivity contribution < 1.29 is 4.39 Å². The van der Waals surface area contributed by atoms with Gasteiger partial charge in [0.25, 0.3) is 0 Å². The van der Waals surface area contributed by atoms with Crippen LogP contribution in [-0.2, 0) is 6.42 Å². The van der Waals surface area contributed by atoms with Gasteiger partial charge in [0.2, 0.25) is 0 Å². The van der Waals surface area contributed by atoms with Crippen LogP contribution in [-0.4, -0.2) is 14.6 Å². The molecule has 3 heterocycles. The average molecular weight is 438 g/mol. The molecule has 0 radical (unpaired) electrons. The Morgan fingerprint density at radius 1 is 0.968 bits per heavy atom. The predicted octanol–water partition coefficient (Wildman–Crippen LogP) is 7.97. The Labute approximate surface area is 188 Å². The highest BCUT2D eigenvalue weighted by Crippen LogP contribution is 2.40. The second-order valence-corrected chi connectivity index (χ2v) is 9.71. The number of aryl methyl sites for hydroxylation is 4. The molecule has 0 unspecified atom stereocenters. The third kappa shape index (κ3) is 4.52. The van der Waals surface area contributed by atoms with Gasteiger partial charge in [-0.25, -0.2) is 13.9 Å². The third-order valence-electron chi connectivity index (χ3n) is 6.12. The summed E-state index contributed by atoms with van der Waals surface area (Å²) in [5, 5.41) is 5.80. The third-order valence-corrected chi connectivity index (χ3v) is 7.40. The van der Waals surface area contributed by atoms with E-state index in [4.69, 9.17) is 10.1 Å². The highest BCUT2D eigenvalue weighted by molar-refractivity contribution is 7.22. The zero-order valence-electron chi connectivity index (χ0n) is 19.1. The van der Waals surface area contributed by atoms with Gasteiger partial charge in [0.05, 0.1) is 16.3 Å². The number of nitrogens with zero attached hydrogens (tertiary/aromatic N) is 3. The predicted molar refractivity (Wildman–Crippen MR) is 130 cm³/mol. The van der Waals surface area contributed by atoms with E-state index in [9.17, 15) is 4.39 Å². The molecule has 1 aromatic carbocycles. The number of benzene rings is 1. The van der Waals surface area contributed by atoms with E-state index in [1.807, 2.05) is 10.6 Å². The average Bonchev–Trinajstić information content (AvgIpc) is 3.23. The van der Waals surface area contributed by atoms with Crippen molar-refractivity contribution in [2.45, 2.75) is 79.1 Å². The molecule has 164 valence electrons. The summed E-state index contributed by atoms with van der Waals surface area (Å²) in [6, 6.07) is 7.23. The van der Waals surface area contributed by atoms with Gasteiger partial charge in [-0.05, 0) is 74.4 Å². The van der Waals surface area contributed by atoms with Crippen LogP contribution in [0.3, 0.4) is 0 Å². The number of aromatic nitrogens is 3. The van der Waals surface area contributed by atoms with Crippen molar-refractivity contribution in [3.8, 4) is 10.6 Å². The molecule has 0 N–H and O–H groups in total. The van der Waals surface area contributed by atoms with E-state index < -0.39 is 0 Å². The van der Waals surface area contributed by atoms with Gasteiger partial charge in [0, 0.05) is 4.70 Å². The minimum atomic E-state index is -0.194. The SMILES string of the molecule is CCCCCCCCCc1cc(C)nn2c(-c3sc4ccc(F)cc4c3C)c(C)nc12. The van der Waals surface area contributed by atoms with Crippen molar-refractivity contribution in [2.24, 2.45) is 0 Å². The van der Waals surface area contributed by atoms with Crippen LogP contribution in [0.2, 0.25) is 0 Å². The maximum absolute atomic E-state index is 13.8. The molecule has 0 saturated heterocycles. The summed E-state index contributed by atoms with van der Waals surface area (Å²) in [6.07, 6.45) is 10.2. The quantitative estimate of drug-likeness (QED) is 0.249. The molecular formula is C26H32FN3S. The van der Waals surface area contributed by atoms with Crippen molar-refractivity contribution in [1.82, 2.24) is 14.6 Å². The highest BCUT2D eigenvalue weighted by Gasteiger charge is 2.20. The Balaban J connectivity index is 1.65. The van der Waals surface area contributed by atoms with Crippen LogP contribution in [0.5, 0.6) is 0 Å². The first kappa shape index (κ1) is 21.9. The van der Waals surface area contributed by atoms with Crippen molar-refractivity contribution >= 4 is 27.1 Å². The summed E-state index contributed by atoms with van der Waals surface area (Å²) in [4.78, 5) is 6.06. The van der Waals surface area contributed by atoms with E-state index in [-0.39, 0.29) is 5.82 Å². The Bertz CT molecular complexity index is 1200. The molecule has 0 aliphatic carbocycles. The van der Waals surface area contributed by atoms with E-state index in [1.54, 1.807) is 17.4 Å². The molecular weight excluding hydrogens is 405 g/mol. The van der Waals surface area contributed by atoms with Crippen LogP contribution in [0.4, 0.5) is 4.39 Å². The monoisotopic (exact) mass is 437 g/mol. The normalized spacial score (nSPS) is 11.8. The van der Waals surface area contributed by atoms with E-state index in [2.05, 4.69) is 33.8 Å². The Morgan fingerprint density at radius 3 is 2.48 bits per heavy atom. The lowest BCUT2D eigenvalue weighted by molar-refractivity contribution is 0.589. The van der Waals surface area contributed by atoms with E-state index in [0.717, 1.165) is 49.7 Å². The van der Waals surface area contributed by atoms with Crippen molar-refractivity contribution in [1.29, 1.82) is 0 Å². The number of hydrogen-bond acceptors (Lipinski definition) is 3. The lowest BCUT2D eigenvalue weighted by atomic mass is 10.1. The number of unbranched alkanes of at least 4 members (excludes halogenated alkanes) is 6. The maximum atomic E-state index is 13.8. The Morgan fingerprint density at radius 2 is 1.71 bits per heavy atom. The first-order valence-electron chi connectivity index (χ1n) is 11.5. The van der Waals surface area contributed by atoms with Gasteiger partial charge < -0.3 is 0 Å². The fourth-order valence-corrected chi connectivity index (χ4v) is 5.73. The number of rotatable bonds is 9. The summed E-state index contributed by atoms with van der Waals surface area (Å²) < 4.78 is 16.9.